The first kappa shape index (κ1) is 17.1. The fourth-order valence-electron chi connectivity index (χ4n) is 2.74. The van der Waals surface area contributed by atoms with E-state index in [9.17, 15) is 17.6 Å². The van der Waals surface area contributed by atoms with Crippen molar-refractivity contribution in [3.05, 3.63) is 52.5 Å². The third-order valence-corrected chi connectivity index (χ3v) is 6.74. The highest BCUT2D eigenvalue weighted by Crippen LogP contribution is 2.26. The normalized spacial score (nSPS) is 18.6. The van der Waals surface area contributed by atoms with E-state index in [-0.39, 0.29) is 17.3 Å². The number of carbonyl (C=O) groups is 1. The Hall–Kier alpha value is -1.77. The van der Waals surface area contributed by atoms with Crippen molar-refractivity contribution in [1.82, 2.24) is 9.62 Å². The van der Waals surface area contributed by atoms with Crippen LogP contribution >= 0.6 is 11.3 Å². The Morgan fingerprint density at radius 3 is 2.71 bits per heavy atom. The van der Waals surface area contributed by atoms with E-state index in [1.165, 1.54) is 27.8 Å². The van der Waals surface area contributed by atoms with E-state index in [1.807, 2.05) is 17.5 Å². The molecule has 128 valence electrons. The maximum Gasteiger partial charge on any atom is 0.243 e. The summed E-state index contributed by atoms with van der Waals surface area (Å²) in [5.74, 6) is -0.799. The van der Waals surface area contributed by atoms with Gasteiger partial charge in [-0.1, -0.05) is 6.07 Å². The molecule has 0 spiro atoms. The molecule has 2 aromatic rings. The van der Waals surface area contributed by atoms with Crippen molar-refractivity contribution < 1.29 is 17.6 Å². The Labute approximate surface area is 144 Å². The lowest BCUT2D eigenvalue weighted by Crippen LogP contribution is -2.45. The Morgan fingerprint density at radius 2 is 2.04 bits per heavy atom. The van der Waals surface area contributed by atoms with Gasteiger partial charge in [0.2, 0.25) is 15.9 Å². The summed E-state index contributed by atoms with van der Waals surface area (Å²) in [4.78, 5) is 13.4. The molecule has 24 heavy (non-hydrogen) atoms. The molecule has 1 saturated heterocycles. The summed E-state index contributed by atoms with van der Waals surface area (Å²) in [6, 6.07) is 7.75. The fourth-order valence-corrected chi connectivity index (χ4v) is 5.04. The summed E-state index contributed by atoms with van der Waals surface area (Å²) in [6.07, 6.45) is 1.11. The molecule has 2 heterocycles. The average Bonchev–Trinajstić information content (AvgIpc) is 3.24. The summed E-state index contributed by atoms with van der Waals surface area (Å²) in [6.45, 7) is 0.675. The lowest BCUT2D eigenvalue weighted by molar-refractivity contribution is -0.124. The summed E-state index contributed by atoms with van der Waals surface area (Å²) >= 11 is 1.53. The number of hydrogen-bond donors (Lipinski definition) is 1. The van der Waals surface area contributed by atoms with Gasteiger partial charge in [0.25, 0.3) is 0 Å². The number of hydrogen-bond acceptors (Lipinski definition) is 4. The first-order valence-corrected chi connectivity index (χ1v) is 9.88. The quantitative estimate of drug-likeness (QED) is 0.881. The van der Waals surface area contributed by atoms with Crippen LogP contribution in [0.3, 0.4) is 0 Å². The van der Waals surface area contributed by atoms with Crippen LogP contribution in [0.2, 0.25) is 0 Å². The largest absolute Gasteiger partial charge is 0.350 e. The van der Waals surface area contributed by atoms with E-state index >= 15 is 0 Å². The van der Waals surface area contributed by atoms with Crippen molar-refractivity contribution in [2.45, 2.75) is 30.3 Å². The number of amides is 1. The van der Waals surface area contributed by atoms with E-state index in [2.05, 4.69) is 5.32 Å². The van der Waals surface area contributed by atoms with Gasteiger partial charge in [-0.3, -0.25) is 4.79 Å². The number of thiophene rings is 1. The van der Waals surface area contributed by atoms with Gasteiger partial charge in [-0.2, -0.15) is 4.31 Å². The minimum absolute atomic E-state index is 0.00172. The van der Waals surface area contributed by atoms with Gasteiger partial charge in [0, 0.05) is 11.4 Å². The first-order chi connectivity index (χ1) is 11.5. The predicted molar refractivity (Wildman–Crippen MR) is 89.5 cm³/mol. The standard InChI is InChI=1S/C16H17FN2O3S2/c17-12-5-7-14(8-6-12)24(21,22)19-9-1-4-15(19)16(20)18-11-13-3-2-10-23-13/h2-3,5-8,10,15H,1,4,9,11H2,(H,18,20)/t15-/m0/s1. The molecule has 1 N–H and O–H groups in total. The van der Waals surface area contributed by atoms with Gasteiger partial charge in [-0.05, 0) is 48.6 Å². The molecule has 8 heteroatoms. The molecule has 0 radical (unpaired) electrons. The van der Waals surface area contributed by atoms with Gasteiger partial charge >= 0.3 is 0 Å². The monoisotopic (exact) mass is 368 g/mol. The molecule has 1 amide bonds. The second-order valence-electron chi connectivity index (χ2n) is 5.52. The highest BCUT2D eigenvalue weighted by atomic mass is 32.2. The number of benzene rings is 1. The first-order valence-electron chi connectivity index (χ1n) is 7.56. The second-order valence-corrected chi connectivity index (χ2v) is 8.45. The molecule has 1 atom stereocenters. The number of rotatable bonds is 5. The van der Waals surface area contributed by atoms with Gasteiger partial charge in [0.05, 0.1) is 11.4 Å². The zero-order chi connectivity index (χ0) is 17.2. The summed E-state index contributed by atoms with van der Waals surface area (Å²) in [7, 11) is -3.81. The van der Waals surface area contributed by atoms with Crippen molar-refractivity contribution in [3.63, 3.8) is 0 Å². The van der Waals surface area contributed by atoms with Gasteiger partial charge in [0.1, 0.15) is 11.9 Å². The fraction of sp³-hybridized carbons (Fsp3) is 0.312. The SMILES string of the molecule is O=C(NCc1cccs1)[C@@H]1CCCN1S(=O)(=O)c1ccc(F)cc1. The van der Waals surface area contributed by atoms with Crippen molar-refractivity contribution in [1.29, 1.82) is 0 Å². The molecule has 1 aromatic heterocycles. The van der Waals surface area contributed by atoms with Crippen molar-refractivity contribution in [3.8, 4) is 0 Å². The van der Waals surface area contributed by atoms with Gasteiger partial charge in [-0.25, -0.2) is 12.8 Å². The van der Waals surface area contributed by atoms with E-state index < -0.39 is 21.9 Å². The Balaban J connectivity index is 1.74. The highest BCUT2D eigenvalue weighted by molar-refractivity contribution is 7.89. The molecule has 0 bridgehead atoms. The minimum atomic E-state index is -3.81. The number of nitrogens with one attached hydrogen (secondary N) is 1. The maximum atomic E-state index is 13.0. The average molecular weight is 368 g/mol. The Morgan fingerprint density at radius 1 is 1.29 bits per heavy atom. The molecule has 3 rings (SSSR count). The minimum Gasteiger partial charge on any atom is -0.350 e. The van der Waals surface area contributed by atoms with Crippen molar-refractivity contribution in [2.75, 3.05) is 6.54 Å². The van der Waals surface area contributed by atoms with Gasteiger partial charge in [-0.15, -0.1) is 11.3 Å². The summed E-state index contributed by atoms with van der Waals surface area (Å²) < 4.78 is 39.7. The molecule has 5 nitrogen and oxygen atoms in total. The van der Waals surface area contributed by atoms with Gasteiger partial charge in [0.15, 0.2) is 0 Å². The molecule has 0 aliphatic carbocycles. The van der Waals surface area contributed by atoms with Crippen LogP contribution in [-0.2, 0) is 21.4 Å². The summed E-state index contributed by atoms with van der Waals surface area (Å²) in [5, 5.41) is 4.71. The molecule has 1 fully saturated rings. The van der Waals surface area contributed by atoms with Crippen molar-refractivity contribution in [2.24, 2.45) is 0 Å². The molecule has 1 aliphatic heterocycles. The topological polar surface area (TPSA) is 66.5 Å². The number of halogens is 1. The molecular formula is C16H17FN2O3S2. The number of nitrogens with zero attached hydrogens (tertiary/aromatic N) is 1. The number of sulfonamides is 1. The molecular weight excluding hydrogens is 351 g/mol. The summed E-state index contributed by atoms with van der Waals surface area (Å²) in [5.41, 5.74) is 0. The molecule has 1 aliphatic rings. The van der Waals surface area contributed by atoms with Crippen LogP contribution in [-0.4, -0.2) is 31.2 Å². The highest BCUT2D eigenvalue weighted by Gasteiger charge is 2.39. The molecule has 0 saturated carbocycles. The lowest BCUT2D eigenvalue weighted by Gasteiger charge is -2.23. The van der Waals surface area contributed by atoms with Crippen LogP contribution in [0, 0.1) is 5.82 Å². The van der Waals surface area contributed by atoms with Gasteiger partial charge < -0.3 is 5.32 Å². The maximum absolute atomic E-state index is 13.0. The molecule has 0 unspecified atom stereocenters. The zero-order valence-corrected chi connectivity index (χ0v) is 14.4. The Bertz CT molecular complexity index is 804. The van der Waals surface area contributed by atoms with Crippen LogP contribution in [0.25, 0.3) is 0 Å². The van der Waals surface area contributed by atoms with E-state index in [0.29, 0.717) is 19.4 Å². The van der Waals surface area contributed by atoms with Crippen LogP contribution < -0.4 is 5.32 Å². The third kappa shape index (κ3) is 3.50. The third-order valence-electron chi connectivity index (χ3n) is 3.94. The van der Waals surface area contributed by atoms with E-state index in [1.54, 1.807) is 0 Å². The smallest absolute Gasteiger partial charge is 0.243 e. The zero-order valence-electron chi connectivity index (χ0n) is 12.8. The van der Waals surface area contributed by atoms with Crippen LogP contribution in [0.5, 0.6) is 0 Å². The number of carbonyl (C=O) groups excluding carboxylic acids is 1. The van der Waals surface area contributed by atoms with E-state index in [4.69, 9.17) is 0 Å². The van der Waals surface area contributed by atoms with Crippen LogP contribution in [0.1, 0.15) is 17.7 Å². The second kappa shape index (κ2) is 7.00. The van der Waals surface area contributed by atoms with Crippen molar-refractivity contribution >= 4 is 27.3 Å². The van der Waals surface area contributed by atoms with Crippen LogP contribution in [0.4, 0.5) is 4.39 Å². The van der Waals surface area contributed by atoms with E-state index in [0.717, 1.165) is 17.0 Å². The lowest BCUT2D eigenvalue weighted by atomic mass is 10.2. The predicted octanol–water partition coefficient (Wildman–Crippen LogP) is 2.36. The Kier molecular flexibility index (Phi) is 4.98. The molecule has 1 aromatic carbocycles. The van der Waals surface area contributed by atoms with Crippen LogP contribution in [0.15, 0.2) is 46.7 Å².